The number of carbonyl (C=O) groups is 3. The molecule has 1 aromatic carbocycles. The number of nitrogens with zero attached hydrogens (tertiary/aromatic N) is 1. The van der Waals surface area contributed by atoms with Gasteiger partial charge in [0, 0.05) is 26.1 Å². The fraction of sp³-hybridized carbons (Fsp3) is 0.591. The summed E-state index contributed by atoms with van der Waals surface area (Å²) in [6.07, 6.45) is 2.25. The molecule has 1 aliphatic heterocycles. The third kappa shape index (κ3) is 7.31. The second-order valence-electron chi connectivity index (χ2n) is 8.57. The molecule has 1 atom stereocenters. The number of rotatable bonds is 5. The molecule has 1 unspecified atom stereocenters. The van der Waals surface area contributed by atoms with Crippen LogP contribution in [0.25, 0.3) is 0 Å². The summed E-state index contributed by atoms with van der Waals surface area (Å²) < 4.78 is 19.0. The number of carbonyl (C=O) groups excluding carboxylic acids is 3. The lowest BCUT2D eigenvalue weighted by molar-refractivity contribution is -0.117. The first-order valence-electron chi connectivity index (χ1n) is 10.4. The van der Waals surface area contributed by atoms with Gasteiger partial charge in [-0.25, -0.2) is 9.18 Å². The van der Waals surface area contributed by atoms with Crippen LogP contribution in [0.2, 0.25) is 0 Å². The van der Waals surface area contributed by atoms with E-state index < -0.39 is 17.3 Å². The molecule has 0 aromatic heterocycles. The van der Waals surface area contributed by atoms with Crippen molar-refractivity contribution >= 4 is 23.6 Å². The minimum absolute atomic E-state index is 0.0992. The van der Waals surface area contributed by atoms with Gasteiger partial charge in [0.05, 0.1) is 11.3 Å². The van der Waals surface area contributed by atoms with Crippen LogP contribution >= 0.6 is 0 Å². The van der Waals surface area contributed by atoms with Gasteiger partial charge in [0.2, 0.25) is 5.91 Å². The van der Waals surface area contributed by atoms with E-state index in [-0.39, 0.29) is 35.6 Å². The Morgan fingerprint density at radius 3 is 2.60 bits per heavy atom. The highest BCUT2D eigenvalue weighted by atomic mass is 19.1. The molecule has 2 rings (SSSR count). The van der Waals surface area contributed by atoms with Crippen LogP contribution in [0.15, 0.2) is 18.2 Å². The van der Waals surface area contributed by atoms with Gasteiger partial charge in [-0.05, 0) is 71.1 Å². The number of hydrogen-bond acceptors (Lipinski definition) is 4. The Hall–Kier alpha value is -2.64. The van der Waals surface area contributed by atoms with E-state index in [1.54, 1.807) is 11.8 Å². The first-order valence-corrected chi connectivity index (χ1v) is 10.4. The number of anilines is 1. The molecular weight excluding hydrogens is 389 g/mol. The molecule has 8 heteroatoms. The van der Waals surface area contributed by atoms with Crippen LogP contribution in [0, 0.1) is 11.7 Å². The average Bonchev–Trinajstić information content (AvgIpc) is 2.87. The molecule has 0 bridgehead atoms. The molecular formula is C22H32FN3O4. The van der Waals surface area contributed by atoms with Crippen LogP contribution in [0.5, 0.6) is 0 Å². The van der Waals surface area contributed by atoms with Crippen molar-refractivity contribution in [1.82, 2.24) is 10.2 Å². The molecule has 1 aromatic rings. The first kappa shape index (κ1) is 23.6. The summed E-state index contributed by atoms with van der Waals surface area (Å²) in [5.41, 5.74) is -0.155. The Kier molecular flexibility index (Phi) is 8.20. The molecule has 3 amide bonds. The smallest absolute Gasteiger partial charge is 0.410 e. The maximum Gasteiger partial charge on any atom is 0.410 e. The molecule has 1 heterocycles. The van der Waals surface area contributed by atoms with Gasteiger partial charge in [0.1, 0.15) is 11.4 Å². The van der Waals surface area contributed by atoms with E-state index in [2.05, 4.69) is 10.6 Å². The maximum absolute atomic E-state index is 13.6. The number of halogens is 1. The lowest BCUT2D eigenvalue weighted by Gasteiger charge is -2.26. The van der Waals surface area contributed by atoms with Gasteiger partial charge in [-0.2, -0.15) is 0 Å². The quantitative estimate of drug-likeness (QED) is 0.754. The van der Waals surface area contributed by atoms with Crippen molar-refractivity contribution in [2.45, 2.75) is 59.0 Å². The van der Waals surface area contributed by atoms with Gasteiger partial charge in [-0.3, -0.25) is 9.59 Å². The van der Waals surface area contributed by atoms with Crippen LogP contribution in [0.3, 0.4) is 0 Å². The molecule has 7 nitrogen and oxygen atoms in total. The fourth-order valence-corrected chi connectivity index (χ4v) is 3.41. The molecule has 30 heavy (non-hydrogen) atoms. The van der Waals surface area contributed by atoms with Crippen molar-refractivity contribution in [2.24, 2.45) is 5.92 Å². The number of amides is 3. The van der Waals surface area contributed by atoms with E-state index in [4.69, 9.17) is 4.74 Å². The highest BCUT2D eigenvalue weighted by Crippen LogP contribution is 2.24. The van der Waals surface area contributed by atoms with Crippen LogP contribution < -0.4 is 10.6 Å². The van der Waals surface area contributed by atoms with Crippen molar-refractivity contribution < 1.29 is 23.5 Å². The van der Waals surface area contributed by atoms with Gasteiger partial charge in [-0.1, -0.05) is 0 Å². The zero-order valence-electron chi connectivity index (χ0n) is 18.2. The normalized spacial score (nSPS) is 17.1. The average molecular weight is 422 g/mol. The second kappa shape index (κ2) is 10.4. The summed E-state index contributed by atoms with van der Waals surface area (Å²) in [4.78, 5) is 38.7. The Morgan fingerprint density at radius 2 is 1.93 bits per heavy atom. The van der Waals surface area contributed by atoms with Gasteiger partial charge in [0.15, 0.2) is 0 Å². The molecule has 0 radical (unpaired) electrons. The number of nitrogens with one attached hydrogen (secondary N) is 2. The van der Waals surface area contributed by atoms with Crippen LogP contribution in [0.4, 0.5) is 14.9 Å². The zero-order chi connectivity index (χ0) is 22.3. The standard InChI is InChI=1S/C22H32FN3O4/c1-5-24-20(28)17-14-16(23)8-9-18(17)25-19(27)13-15-7-6-11-26(12-10-15)21(29)30-22(2,3)4/h8-9,14-15H,5-7,10-13H2,1-4H3,(H,24,28)(H,25,27). The van der Waals surface area contributed by atoms with Gasteiger partial charge < -0.3 is 20.3 Å². The highest BCUT2D eigenvalue weighted by molar-refractivity contribution is 6.03. The summed E-state index contributed by atoms with van der Waals surface area (Å²) >= 11 is 0. The van der Waals surface area contributed by atoms with Crippen molar-refractivity contribution in [3.8, 4) is 0 Å². The Morgan fingerprint density at radius 1 is 1.20 bits per heavy atom. The number of hydrogen-bond donors (Lipinski definition) is 2. The molecule has 1 aliphatic rings. The number of benzene rings is 1. The third-order valence-electron chi connectivity index (χ3n) is 4.81. The van der Waals surface area contributed by atoms with E-state index in [0.29, 0.717) is 26.1 Å². The summed E-state index contributed by atoms with van der Waals surface area (Å²) in [6, 6.07) is 3.73. The van der Waals surface area contributed by atoms with E-state index in [0.717, 1.165) is 18.9 Å². The monoisotopic (exact) mass is 421 g/mol. The molecule has 0 aliphatic carbocycles. The zero-order valence-corrected chi connectivity index (χ0v) is 18.2. The molecule has 0 saturated carbocycles. The molecule has 2 N–H and O–H groups in total. The summed E-state index contributed by atoms with van der Waals surface area (Å²) in [5, 5.41) is 5.36. The summed E-state index contributed by atoms with van der Waals surface area (Å²) in [5.74, 6) is -1.09. The lowest BCUT2D eigenvalue weighted by atomic mass is 9.96. The van der Waals surface area contributed by atoms with Crippen molar-refractivity contribution in [3.63, 3.8) is 0 Å². The maximum atomic E-state index is 13.6. The summed E-state index contributed by atoms with van der Waals surface area (Å²) in [7, 11) is 0. The van der Waals surface area contributed by atoms with Crippen molar-refractivity contribution in [1.29, 1.82) is 0 Å². The fourth-order valence-electron chi connectivity index (χ4n) is 3.41. The van der Waals surface area contributed by atoms with Gasteiger partial charge >= 0.3 is 6.09 Å². The number of ether oxygens (including phenoxy) is 1. The molecule has 166 valence electrons. The minimum atomic E-state index is -0.542. The second-order valence-corrected chi connectivity index (χ2v) is 8.57. The van der Waals surface area contributed by atoms with Crippen LogP contribution in [-0.2, 0) is 9.53 Å². The van der Waals surface area contributed by atoms with Gasteiger partial charge in [-0.15, -0.1) is 0 Å². The topological polar surface area (TPSA) is 87.7 Å². The lowest BCUT2D eigenvalue weighted by Crippen LogP contribution is -2.37. The largest absolute Gasteiger partial charge is 0.444 e. The van der Waals surface area contributed by atoms with Gasteiger partial charge in [0.25, 0.3) is 5.91 Å². The van der Waals surface area contributed by atoms with E-state index in [1.165, 1.54) is 12.1 Å². The first-order chi connectivity index (χ1) is 14.1. The Bertz CT molecular complexity index is 776. The van der Waals surface area contributed by atoms with E-state index in [9.17, 15) is 18.8 Å². The Labute approximate surface area is 177 Å². The molecule has 0 spiro atoms. The predicted molar refractivity (Wildman–Crippen MR) is 113 cm³/mol. The van der Waals surface area contributed by atoms with E-state index in [1.807, 2.05) is 20.8 Å². The predicted octanol–water partition coefficient (Wildman–Crippen LogP) is 3.94. The summed E-state index contributed by atoms with van der Waals surface area (Å²) in [6.45, 7) is 8.81. The Balaban J connectivity index is 1.94. The van der Waals surface area contributed by atoms with Crippen molar-refractivity contribution in [3.05, 3.63) is 29.6 Å². The highest BCUT2D eigenvalue weighted by Gasteiger charge is 2.26. The van der Waals surface area contributed by atoms with Crippen molar-refractivity contribution in [2.75, 3.05) is 25.0 Å². The van der Waals surface area contributed by atoms with Crippen LogP contribution in [0.1, 0.15) is 63.7 Å². The van der Waals surface area contributed by atoms with Crippen LogP contribution in [-0.4, -0.2) is 48.0 Å². The SMILES string of the molecule is CCNC(=O)c1cc(F)ccc1NC(=O)CC1CCCN(C(=O)OC(C)(C)C)CC1. The third-order valence-corrected chi connectivity index (χ3v) is 4.81. The number of likely N-dealkylation sites (tertiary alicyclic amines) is 1. The molecule has 1 saturated heterocycles. The molecule has 1 fully saturated rings. The van der Waals surface area contributed by atoms with E-state index >= 15 is 0 Å². The minimum Gasteiger partial charge on any atom is -0.444 e.